The van der Waals surface area contributed by atoms with Crippen molar-refractivity contribution in [1.82, 2.24) is 29.1 Å². The molecule has 0 amide bonds. The number of fused-ring (bicyclic) bond motifs is 9. The van der Waals surface area contributed by atoms with Gasteiger partial charge >= 0.3 is 0 Å². The fraction of sp³-hybridized carbons (Fsp3) is 0. The molecular weight excluding hydrogens is 701 g/mol. The Morgan fingerprint density at radius 2 is 1.04 bits per heavy atom. The summed E-state index contributed by atoms with van der Waals surface area (Å²) in [6, 6.07) is 58.6. The average Bonchev–Trinajstić information content (AvgIpc) is 3.95. The first-order chi connectivity index (χ1) is 28.3. The second-order valence-corrected chi connectivity index (χ2v) is 14.2. The fourth-order valence-electron chi connectivity index (χ4n) is 8.65. The van der Waals surface area contributed by atoms with Crippen molar-refractivity contribution in [1.29, 1.82) is 0 Å². The molecule has 57 heavy (non-hydrogen) atoms. The molecule has 0 saturated heterocycles. The highest BCUT2D eigenvalue weighted by molar-refractivity contribution is 6.19. The zero-order valence-corrected chi connectivity index (χ0v) is 30.4. The van der Waals surface area contributed by atoms with Gasteiger partial charge in [0, 0.05) is 61.4 Å². The standard InChI is InChI=1S/C50H30N6O/c1-2-14-31(15-3-1)48-52-49(38-19-6-10-25-42(38)55-40-23-8-4-16-32(40)39-30-51-29-28-43(39)55)54-50(53-48)56-41-24-9-5-18-37(41)46-34(20-13-26-44(46)56)36-22-12-21-35-33-17-7-11-27-45(33)57-47(35)36/h1-30H. The molecule has 0 bridgehead atoms. The van der Waals surface area contributed by atoms with E-state index in [0.29, 0.717) is 17.6 Å². The van der Waals surface area contributed by atoms with Crippen LogP contribution in [0.1, 0.15) is 0 Å². The van der Waals surface area contributed by atoms with E-state index in [0.717, 1.165) is 93.5 Å². The van der Waals surface area contributed by atoms with E-state index >= 15 is 0 Å². The summed E-state index contributed by atoms with van der Waals surface area (Å²) >= 11 is 0. The quantitative estimate of drug-likeness (QED) is 0.176. The molecule has 0 atom stereocenters. The van der Waals surface area contributed by atoms with Gasteiger partial charge in [-0.15, -0.1) is 0 Å². The van der Waals surface area contributed by atoms with Gasteiger partial charge in [-0.05, 0) is 48.0 Å². The van der Waals surface area contributed by atoms with E-state index in [-0.39, 0.29) is 0 Å². The zero-order chi connectivity index (χ0) is 37.5. The van der Waals surface area contributed by atoms with Crippen LogP contribution in [-0.2, 0) is 0 Å². The second kappa shape index (κ2) is 12.3. The lowest BCUT2D eigenvalue weighted by Gasteiger charge is -2.15. The first-order valence-electron chi connectivity index (χ1n) is 19.0. The van der Waals surface area contributed by atoms with Crippen LogP contribution < -0.4 is 0 Å². The van der Waals surface area contributed by atoms with Gasteiger partial charge in [0.15, 0.2) is 11.6 Å². The maximum atomic E-state index is 6.57. The van der Waals surface area contributed by atoms with Gasteiger partial charge in [-0.3, -0.25) is 9.55 Å². The van der Waals surface area contributed by atoms with Crippen LogP contribution in [0.25, 0.3) is 111 Å². The van der Waals surface area contributed by atoms with E-state index in [1.807, 2.05) is 60.9 Å². The van der Waals surface area contributed by atoms with Crippen molar-refractivity contribution in [3.63, 3.8) is 0 Å². The van der Waals surface area contributed by atoms with Crippen molar-refractivity contribution >= 4 is 65.6 Å². The lowest BCUT2D eigenvalue weighted by atomic mass is 9.97. The molecule has 7 aromatic carbocycles. The SMILES string of the molecule is c1ccc(-c2nc(-c3ccccc3-n3c4ccccc4c4cnccc43)nc(-n3c4ccccc4c4c(-c5cccc6c5oc5ccccc56)cccc43)n2)cc1. The Morgan fingerprint density at radius 1 is 0.404 bits per heavy atom. The highest BCUT2D eigenvalue weighted by atomic mass is 16.3. The molecule has 7 heteroatoms. The summed E-state index contributed by atoms with van der Waals surface area (Å²) < 4.78 is 11.0. The number of pyridine rings is 1. The predicted molar refractivity (Wildman–Crippen MR) is 230 cm³/mol. The number of aromatic nitrogens is 6. The summed E-state index contributed by atoms with van der Waals surface area (Å²) in [6.07, 6.45) is 3.79. The number of hydrogen-bond acceptors (Lipinski definition) is 5. The Balaban J connectivity index is 1.14. The Morgan fingerprint density at radius 3 is 1.93 bits per heavy atom. The van der Waals surface area contributed by atoms with E-state index in [1.165, 1.54) is 0 Å². The molecule has 0 aliphatic carbocycles. The first kappa shape index (κ1) is 31.5. The molecule has 7 nitrogen and oxygen atoms in total. The number of hydrogen-bond donors (Lipinski definition) is 0. The molecule has 0 saturated carbocycles. The highest BCUT2D eigenvalue weighted by Crippen LogP contribution is 2.43. The van der Waals surface area contributed by atoms with Crippen LogP contribution in [0.5, 0.6) is 0 Å². The van der Waals surface area contributed by atoms with Crippen molar-refractivity contribution in [2.45, 2.75) is 0 Å². The molecule has 0 unspecified atom stereocenters. The third-order valence-corrected chi connectivity index (χ3v) is 11.1. The van der Waals surface area contributed by atoms with Crippen LogP contribution in [0.4, 0.5) is 0 Å². The van der Waals surface area contributed by atoms with Gasteiger partial charge in [-0.25, -0.2) is 4.98 Å². The van der Waals surface area contributed by atoms with Gasteiger partial charge in [0.05, 0.1) is 27.8 Å². The maximum absolute atomic E-state index is 6.57. The van der Waals surface area contributed by atoms with Crippen molar-refractivity contribution < 1.29 is 4.42 Å². The van der Waals surface area contributed by atoms with Crippen LogP contribution >= 0.6 is 0 Å². The van der Waals surface area contributed by atoms with E-state index in [2.05, 4.69) is 135 Å². The highest BCUT2D eigenvalue weighted by Gasteiger charge is 2.23. The topological polar surface area (TPSA) is 74.6 Å². The summed E-state index contributed by atoms with van der Waals surface area (Å²) in [7, 11) is 0. The molecule has 266 valence electrons. The van der Waals surface area contributed by atoms with Crippen molar-refractivity contribution in [2.75, 3.05) is 0 Å². The van der Waals surface area contributed by atoms with Gasteiger partial charge < -0.3 is 8.98 Å². The van der Waals surface area contributed by atoms with Gasteiger partial charge in [-0.1, -0.05) is 127 Å². The molecule has 5 heterocycles. The summed E-state index contributed by atoms with van der Waals surface area (Å²) in [5, 5.41) is 6.62. The van der Waals surface area contributed by atoms with Crippen LogP contribution in [-0.4, -0.2) is 29.1 Å². The number of benzene rings is 7. The largest absolute Gasteiger partial charge is 0.455 e. The monoisotopic (exact) mass is 730 g/mol. The first-order valence-corrected chi connectivity index (χ1v) is 19.0. The Bertz CT molecular complexity index is 3490. The molecule has 0 N–H and O–H groups in total. The van der Waals surface area contributed by atoms with E-state index in [1.54, 1.807) is 0 Å². The Hall–Kier alpha value is -7.90. The Kier molecular flexibility index (Phi) is 6.79. The van der Waals surface area contributed by atoms with Crippen LogP contribution in [0, 0.1) is 0 Å². The molecule has 5 aromatic heterocycles. The normalized spacial score (nSPS) is 11.9. The van der Waals surface area contributed by atoms with Gasteiger partial charge in [0.2, 0.25) is 5.95 Å². The van der Waals surface area contributed by atoms with Crippen molar-refractivity contribution in [2.24, 2.45) is 0 Å². The van der Waals surface area contributed by atoms with E-state index < -0.39 is 0 Å². The lowest BCUT2D eigenvalue weighted by Crippen LogP contribution is -2.07. The Labute approximate surface area is 325 Å². The second-order valence-electron chi connectivity index (χ2n) is 14.2. The molecule has 0 aliphatic heterocycles. The summed E-state index contributed by atoms with van der Waals surface area (Å²) in [5.41, 5.74) is 10.7. The number of rotatable bonds is 5. The number of furan rings is 1. The predicted octanol–water partition coefficient (Wildman–Crippen LogP) is 12.4. The van der Waals surface area contributed by atoms with Crippen molar-refractivity contribution in [3.05, 3.63) is 182 Å². The van der Waals surface area contributed by atoms with Crippen molar-refractivity contribution in [3.8, 4) is 45.5 Å². The lowest BCUT2D eigenvalue weighted by molar-refractivity contribution is 0.670. The third-order valence-electron chi connectivity index (χ3n) is 11.1. The fourth-order valence-corrected chi connectivity index (χ4v) is 8.65. The number of para-hydroxylation sites is 5. The zero-order valence-electron chi connectivity index (χ0n) is 30.4. The van der Waals surface area contributed by atoms with Gasteiger partial charge in [0.1, 0.15) is 11.2 Å². The number of nitrogens with zero attached hydrogens (tertiary/aromatic N) is 6. The summed E-state index contributed by atoms with van der Waals surface area (Å²) in [6.45, 7) is 0. The molecular formula is C50H30N6O. The molecule has 0 spiro atoms. The molecule has 12 rings (SSSR count). The van der Waals surface area contributed by atoms with Crippen LogP contribution in [0.15, 0.2) is 187 Å². The molecule has 0 radical (unpaired) electrons. The van der Waals surface area contributed by atoms with E-state index in [4.69, 9.17) is 19.4 Å². The minimum Gasteiger partial charge on any atom is -0.455 e. The molecule has 0 aliphatic rings. The summed E-state index contributed by atoms with van der Waals surface area (Å²) in [4.78, 5) is 20.3. The molecule has 0 fully saturated rings. The van der Waals surface area contributed by atoms with Gasteiger partial charge in [-0.2, -0.15) is 9.97 Å². The smallest absolute Gasteiger partial charge is 0.238 e. The molecule has 12 aromatic rings. The van der Waals surface area contributed by atoms with Gasteiger partial charge in [0.25, 0.3) is 0 Å². The maximum Gasteiger partial charge on any atom is 0.238 e. The van der Waals surface area contributed by atoms with Crippen LogP contribution in [0.3, 0.4) is 0 Å². The minimum atomic E-state index is 0.533. The van der Waals surface area contributed by atoms with E-state index in [9.17, 15) is 0 Å². The third kappa shape index (κ3) is 4.72. The average molecular weight is 731 g/mol. The minimum absolute atomic E-state index is 0.533. The summed E-state index contributed by atoms with van der Waals surface area (Å²) in [5.74, 6) is 1.69. The van der Waals surface area contributed by atoms with Crippen LogP contribution in [0.2, 0.25) is 0 Å².